The number of carbonyl (C=O) groups excluding carboxylic acids is 2. The summed E-state index contributed by atoms with van der Waals surface area (Å²) in [5.74, 6) is 1.01. The van der Waals surface area contributed by atoms with Crippen molar-refractivity contribution in [1.29, 1.82) is 0 Å². The molecule has 0 spiro atoms. The van der Waals surface area contributed by atoms with Crippen LogP contribution in [0.5, 0.6) is 0 Å². The van der Waals surface area contributed by atoms with E-state index in [1.807, 2.05) is 54.6 Å². The molecule has 1 atom stereocenters. The largest absolute Gasteiger partial charge is 0.352 e. The fraction of sp³-hybridized carbons (Fsp3) is 0.318. The van der Waals surface area contributed by atoms with Gasteiger partial charge in [-0.05, 0) is 30.7 Å². The number of piperidine rings is 1. The summed E-state index contributed by atoms with van der Waals surface area (Å²) in [7, 11) is 1.78. The molecule has 1 aliphatic heterocycles. The highest BCUT2D eigenvalue weighted by molar-refractivity contribution is 5.80. The second-order valence-electron chi connectivity index (χ2n) is 7.27. The van der Waals surface area contributed by atoms with Crippen molar-refractivity contribution in [3.8, 4) is 5.69 Å². The molecule has 6 nitrogen and oxygen atoms in total. The average molecular weight is 376 g/mol. The first-order chi connectivity index (χ1) is 13.6. The molecule has 144 valence electrons. The minimum Gasteiger partial charge on any atom is -0.352 e. The first-order valence-electron chi connectivity index (χ1n) is 9.67. The first-order valence-corrected chi connectivity index (χ1v) is 9.67. The lowest BCUT2D eigenvalue weighted by Crippen LogP contribution is -2.48. The van der Waals surface area contributed by atoms with Crippen LogP contribution in [0.25, 0.3) is 16.7 Å². The van der Waals surface area contributed by atoms with Crippen molar-refractivity contribution in [2.45, 2.75) is 31.7 Å². The monoisotopic (exact) mass is 376 g/mol. The summed E-state index contributed by atoms with van der Waals surface area (Å²) < 4.78 is 2.12. The number of fused-ring (bicyclic) bond motifs is 1. The van der Waals surface area contributed by atoms with Crippen LogP contribution in [0.4, 0.5) is 0 Å². The number of nitrogens with zero attached hydrogens (tertiary/aromatic N) is 3. The molecule has 2 aromatic carbocycles. The van der Waals surface area contributed by atoms with Gasteiger partial charge in [0, 0.05) is 44.6 Å². The summed E-state index contributed by atoms with van der Waals surface area (Å²) in [4.78, 5) is 30.5. The fourth-order valence-electron chi connectivity index (χ4n) is 3.76. The molecule has 1 fully saturated rings. The Kier molecular flexibility index (Phi) is 5.10. The molecule has 1 aliphatic rings. The summed E-state index contributed by atoms with van der Waals surface area (Å²) in [5.41, 5.74) is 3.00. The van der Waals surface area contributed by atoms with Gasteiger partial charge in [-0.1, -0.05) is 30.3 Å². The van der Waals surface area contributed by atoms with Crippen molar-refractivity contribution in [2.75, 3.05) is 13.6 Å². The van der Waals surface area contributed by atoms with Crippen LogP contribution in [-0.4, -0.2) is 45.9 Å². The lowest BCUT2D eigenvalue weighted by molar-refractivity contribution is -0.134. The van der Waals surface area contributed by atoms with Crippen LogP contribution in [0.1, 0.15) is 25.1 Å². The number of aromatic nitrogens is 2. The smallest absolute Gasteiger partial charge is 0.222 e. The van der Waals surface area contributed by atoms with E-state index in [9.17, 15) is 9.59 Å². The molecule has 6 heteroatoms. The highest BCUT2D eigenvalue weighted by Crippen LogP contribution is 2.22. The Morgan fingerprint density at radius 2 is 1.89 bits per heavy atom. The van der Waals surface area contributed by atoms with E-state index in [1.54, 1.807) is 11.9 Å². The van der Waals surface area contributed by atoms with E-state index in [0.29, 0.717) is 32.2 Å². The van der Waals surface area contributed by atoms with Crippen LogP contribution in [0.15, 0.2) is 54.6 Å². The maximum Gasteiger partial charge on any atom is 0.222 e. The highest BCUT2D eigenvalue weighted by Gasteiger charge is 2.24. The van der Waals surface area contributed by atoms with Gasteiger partial charge in [0.25, 0.3) is 0 Å². The molecule has 1 unspecified atom stereocenters. The van der Waals surface area contributed by atoms with Crippen LogP contribution in [-0.2, 0) is 16.0 Å². The second-order valence-corrected chi connectivity index (χ2v) is 7.27. The van der Waals surface area contributed by atoms with E-state index < -0.39 is 0 Å². The Balaban J connectivity index is 1.49. The number of para-hydroxylation sites is 3. The first kappa shape index (κ1) is 18.2. The number of rotatable bonds is 5. The number of likely N-dealkylation sites (N-methyl/N-ethyl adjacent to an activating group) is 1. The predicted octanol–water partition coefficient (Wildman–Crippen LogP) is 2.70. The third kappa shape index (κ3) is 3.76. The van der Waals surface area contributed by atoms with Gasteiger partial charge in [-0.15, -0.1) is 0 Å². The topological polar surface area (TPSA) is 67.2 Å². The molecule has 3 aromatic rings. The summed E-state index contributed by atoms with van der Waals surface area (Å²) in [6.07, 6.45) is 2.11. The third-order valence-corrected chi connectivity index (χ3v) is 5.21. The van der Waals surface area contributed by atoms with E-state index in [2.05, 4.69) is 9.88 Å². The van der Waals surface area contributed by atoms with E-state index in [4.69, 9.17) is 4.98 Å². The molecule has 0 saturated carbocycles. The van der Waals surface area contributed by atoms with E-state index >= 15 is 0 Å². The number of carbonyl (C=O) groups is 2. The number of hydrogen-bond donors (Lipinski definition) is 1. The van der Waals surface area contributed by atoms with Crippen molar-refractivity contribution in [3.63, 3.8) is 0 Å². The van der Waals surface area contributed by atoms with Crippen molar-refractivity contribution < 1.29 is 9.59 Å². The Morgan fingerprint density at radius 1 is 1.14 bits per heavy atom. The Hall–Kier alpha value is -3.15. The van der Waals surface area contributed by atoms with Gasteiger partial charge < -0.3 is 10.2 Å². The Labute approximate surface area is 164 Å². The normalized spacial score (nSPS) is 17.1. The molecule has 1 aromatic heterocycles. The van der Waals surface area contributed by atoms with Gasteiger partial charge in [0.15, 0.2) is 0 Å². The molecule has 0 bridgehead atoms. The van der Waals surface area contributed by atoms with Gasteiger partial charge in [-0.2, -0.15) is 0 Å². The molecule has 2 heterocycles. The zero-order chi connectivity index (χ0) is 19.5. The molecule has 1 saturated heterocycles. The molecule has 2 amide bonds. The summed E-state index contributed by atoms with van der Waals surface area (Å²) in [5, 5.41) is 3.06. The van der Waals surface area contributed by atoms with Gasteiger partial charge in [0.05, 0.1) is 11.0 Å². The number of nitrogens with one attached hydrogen (secondary N) is 1. The fourth-order valence-corrected chi connectivity index (χ4v) is 3.76. The van der Waals surface area contributed by atoms with Crippen LogP contribution in [0.3, 0.4) is 0 Å². The predicted molar refractivity (Wildman–Crippen MR) is 108 cm³/mol. The highest BCUT2D eigenvalue weighted by atomic mass is 16.2. The van der Waals surface area contributed by atoms with Gasteiger partial charge in [-0.3, -0.25) is 14.2 Å². The van der Waals surface area contributed by atoms with Crippen molar-refractivity contribution in [3.05, 3.63) is 60.4 Å². The van der Waals surface area contributed by atoms with Crippen molar-refractivity contribution >= 4 is 22.8 Å². The third-order valence-electron chi connectivity index (χ3n) is 5.21. The quantitative estimate of drug-likeness (QED) is 0.744. The standard InChI is InChI=1S/C22H24N4O2/c1-25-15-16(11-14-22(25)28)23-21(27)13-12-20-24-18-9-5-6-10-19(18)26(20)17-7-3-2-4-8-17/h2-10,16H,11-15H2,1H3,(H,23,27). The van der Waals surface area contributed by atoms with Gasteiger partial charge >= 0.3 is 0 Å². The van der Waals surface area contributed by atoms with Crippen molar-refractivity contribution in [1.82, 2.24) is 19.8 Å². The molecule has 0 aliphatic carbocycles. The summed E-state index contributed by atoms with van der Waals surface area (Å²) in [6.45, 7) is 0.576. The maximum atomic E-state index is 12.5. The number of benzene rings is 2. The average Bonchev–Trinajstić information content (AvgIpc) is 3.08. The summed E-state index contributed by atoms with van der Waals surface area (Å²) >= 11 is 0. The molecule has 28 heavy (non-hydrogen) atoms. The molecular weight excluding hydrogens is 352 g/mol. The van der Waals surface area contributed by atoms with Gasteiger partial charge in [0.1, 0.15) is 5.82 Å². The zero-order valence-electron chi connectivity index (χ0n) is 16.0. The minimum atomic E-state index is -0.000540. The number of hydrogen-bond acceptors (Lipinski definition) is 3. The molecule has 4 rings (SSSR count). The van der Waals surface area contributed by atoms with Crippen LogP contribution < -0.4 is 5.32 Å². The number of imidazole rings is 1. The lowest BCUT2D eigenvalue weighted by atomic mass is 10.1. The zero-order valence-corrected chi connectivity index (χ0v) is 16.0. The van der Waals surface area contributed by atoms with Crippen LogP contribution in [0, 0.1) is 0 Å². The van der Waals surface area contributed by atoms with Crippen LogP contribution >= 0.6 is 0 Å². The molecule has 1 N–H and O–H groups in total. The Bertz CT molecular complexity index is 996. The van der Waals surface area contributed by atoms with Gasteiger partial charge in [-0.25, -0.2) is 4.98 Å². The molecular formula is C22H24N4O2. The summed E-state index contributed by atoms with van der Waals surface area (Å²) in [6, 6.07) is 18.1. The maximum absolute atomic E-state index is 12.5. The number of amides is 2. The minimum absolute atomic E-state index is 0.000540. The SMILES string of the molecule is CN1CC(NC(=O)CCc2nc3ccccc3n2-c2ccccc2)CCC1=O. The lowest BCUT2D eigenvalue weighted by Gasteiger charge is -2.30. The second kappa shape index (κ2) is 7.84. The van der Waals surface area contributed by atoms with E-state index in [1.165, 1.54) is 0 Å². The number of aryl methyl sites for hydroxylation is 1. The van der Waals surface area contributed by atoms with Gasteiger partial charge in [0.2, 0.25) is 11.8 Å². The van der Waals surface area contributed by atoms with Crippen molar-refractivity contribution in [2.24, 2.45) is 0 Å². The number of likely N-dealkylation sites (tertiary alicyclic amines) is 1. The Morgan fingerprint density at radius 3 is 2.68 bits per heavy atom. The van der Waals surface area contributed by atoms with Crippen LogP contribution in [0.2, 0.25) is 0 Å². The molecule has 0 radical (unpaired) electrons. The van der Waals surface area contributed by atoms with E-state index in [-0.39, 0.29) is 17.9 Å². The van der Waals surface area contributed by atoms with E-state index in [0.717, 1.165) is 22.5 Å².